The van der Waals surface area contributed by atoms with Crippen LogP contribution in [0.15, 0.2) is 36.5 Å². The molecule has 0 fully saturated rings. The highest BCUT2D eigenvalue weighted by Gasteiger charge is 2.13. The first-order valence-electron chi connectivity index (χ1n) is 7.53. The fraction of sp³-hybridized carbons (Fsp3) is 0.125. The number of aryl methyl sites for hydroxylation is 2. The van der Waals surface area contributed by atoms with E-state index in [4.69, 9.17) is 11.6 Å². The van der Waals surface area contributed by atoms with Crippen LogP contribution in [0.5, 0.6) is 0 Å². The topological polar surface area (TPSA) is 93.8 Å². The number of hydrogen-bond acceptors (Lipinski definition) is 7. The van der Waals surface area contributed by atoms with Gasteiger partial charge in [-0.2, -0.15) is 9.50 Å². The number of rotatable bonds is 3. The maximum atomic E-state index is 5.90. The molecule has 0 aliphatic heterocycles. The number of hydrogen-bond donors (Lipinski definition) is 1. The van der Waals surface area contributed by atoms with E-state index < -0.39 is 0 Å². The second-order valence-corrected chi connectivity index (χ2v) is 5.84. The molecule has 3 heterocycles. The molecule has 1 N–H and O–H groups in total. The van der Waals surface area contributed by atoms with Crippen LogP contribution < -0.4 is 5.32 Å². The maximum absolute atomic E-state index is 5.90. The van der Waals surface area contributed by atoms with Gasteiger partial charge in [0.25, 0.3) is 5.78 Å². The van der Waals surface area contributed by atoms with E-state index in [1.807, 2.05) is 26.0 Å². The highest BCUT2D eigenvalue weighted by atomic mass is 35.5. The third kappa shape index (κ3) is 2.99. The first kappa shape index (κ1) is 15.4. The van der Waals surface area contributed by atoms with Crippen LogP contribution in [0.25, 0.3) is 17.2 Å². The standard InChI is InChI=1S/C16H13ClN8/c1-9-14(22-23-16-19-10(2)24-25(9)16)13-7-8-18-15(21-13)20-12-5-3-11(17)4-6-12/h3-8H,1-2H3,(H,18,20,21). The van der Waals surface area contributed by atoms with E-state index in [0.29, 0.717) is 34.0 Å². The molecule has 0 amide bonds. The van der Waals surface area contributed by atoms with Gasteiger partial charge in [-0.1, -0.05) is 11.6 Å². The minimum absolute atomic E-state index is 0.455. The van der Waals surface area contributed by atoms with E-state index in [9.17, 15) is 0 Å². The number of fused-ring (bicyclic) bond motifs is 1. The van der Waals surface area contributed by atoms with Crippen molar-refractivity contribution in [2.45, 2.75) is 13.8 Å². The number of halogens is 1. The number of aromatic nitrogens is 7. The molecule has 0 unspecified atom stereocenters. The third-order valence-electron chi connectivity index (χ3n) is 3.59. The zero-order valence-electron chi connectivity index (χ0n) is 13.5. The predicted octanol–water partition coefficient (Wildman–Crippen LogP) is 2.99. The predicted molar refractivity (Wildman–Crippen MR) is 93.8 cm³/mol. The SMILES string of the molecule is Cc1nc2nnc(-c3ccnc(Nc4ccc(Cl)cc4)n3)c(C)n2n1. The van der Waals surface area contributed by atoms with Gasteiger partial charge >= 0.3 is 0 Å². The molecule has 124 valence electrons. The van der Waals surface area contributed by atoms with Crippen LogP contribution in [0.4, 0.5) is 11.6 Å². The van der Waals surface area contributed by atoms with Crippen LogP contribution in [0.1, 0.15) is 11.5 Å². The Kier molecular flexibility index (Phi) is 3.73. The van der Waals surface area contributed by atoms with Crippen molar-refractivity contribution in [1.29, 1.82) is 0 Å². The molecule has 0 radical (unpaired) electrons. The summed E-state index contributed by atoms with van der Waals surface area (Å²) in [5, 5.41) is 16.5. The molecular formula is C16H13ClN8. The summed E-state index contributed by atoms with van der Waals surface area (Å²) in [6.45, 7) is 3.71. The zero-order valence-corrected chi connectivity index (χ0v) is 14.2. The molecule has 1 aromatic carbocycles. The smallest absolute Gasteiger partial charge is 0.272 e. The fourth-order valence-corrected chi connectivity index (χ4v) is 2.54. The number of anilines is 2. The van der Waals surface area contributed by atoms with Gasteiger partial charge in [0.2, 0.25) is 5.95 Å². The van der Waals surface area contributed by atoms with Crippen molar-refractivity contribution in [3.63, 3.8) is 0 Å². The van der Waals surface area contributed by atoms with Crippen molar-refractivity contribution in [3.05, 3.63) is 53.1 Å². The van der Waals surface area contributed by atoms with E-state index in [2.05, 4.69) is 35.6 Å². The summed E-state index contributed by atoms with van der Waals surface area (Å²) in [6, 6.07) is 9.08. The van der Waals surface area contributed by atoms with Crippen LogP contribution in [-0.4, -0.2) is 34.8 Å². The summed E-state index contributed by atoms with van der Waals surface area (Å²) in [5.74, 6) is 1.56. The molecule has 3 aromatic heterocycles. The summed E-state index contributed by atoms with van der Waals surface area (Å²) in [7, 11) is 0. The molecule has 0 atom stereocenters. The van der Waals surface area contributed by atoms with Gasteiger partial charge in [0, 0.05) is 16.9 Å². The molecule has 4 rings (SSSR count). The molecule has 0 aliphatic rings. The molecule has 4 aromatic rings. The first-order valence-corrected chi connectivity index (χ1v) is 7.90. The zero-order chi connectivity index (χ0) is 17.4. The summed E-state index contributed by atoms with van der Waals surface area (Å²) in [4.78, 5) is 13.0. The Labute approximate surface area is 148 Å². The van der Waals surface area contributed by atoms with Crippen molar-refractivity contribution in [2.75, 3.05) is 5.32 Å². The Balaban J connectivity index is 1.71. The second-order valence-electron chi connectivity index (χ2n) is 5.40. The van der Waals surface area contributed by atoms with Gasteiger partial charge < -0.3 is 5.32 Å². The molecule has 0 bridgehead atoms. The molecule has 0 saturated carbocycles. The summed E-state index contributed by atoms with van der Waals surface area (Å²) >= 11 is 5.90. The van der Waals surface area contributed by atoms with Gasteiger partial charge in [-0.3, -0.25) is 0 Å². The molecule has 0 saturated heterocycles. The van der Waals surface area contributed by atoms with Crippen LogP contribution in [0.2, 0.25) is 5.02 Å². The van der Waals surface area contributed by atoms with Crippen LogP contribution >= 0.6 is 11.6 Å². The van der Waals surface area contributed by atoms with E-state index in [1.54, 1.807) is 28.9 Å². The second kappa shape index (κ2) is 6.06. The lowest BCUT2D eigenvalue weighted by Gasteiger charge is -2.08. The van der Waals surface area contributed by atoms with Gasteiger partial charge in [-0.25, -0.2) is 9.97 Å². The van der Waals surface area contributed by atoms with Crippen molar-refractivity contribution in [1.82, 2.24) is 34.8 Å². The maximum Gasteiger partial charge on any atom is 0.272 e. The van der Waals surface area contributed by atoms with Crippen molar-refractivity contribution >= 4 is 29.0 Å². The Morgan fingerprint density at radius 2 is 1.80 bits per heavy atom. The van der Waals surface area contributed by atoms with Gasteiger partial charge in [0.15, 0.2) is 0 Å². The van der Waals surface area contributed by atoms with Crippen molar-refractivity contribution < 1.29 is 0 Å². The minimum Gasteiger partial charge on any atom is -0.324 e. The highest BCUT2D eigenvalue weighted by molar-refractivity contribution is 6.30. The lowest BCUT2D eigenvalue weighted by Crippen LogP contribution is -2.05. The monoisotopic (exact) mass is 352 g/mol. The summed E-state index contributed by atoms with van der Waals surface area (Å²) in [5.41, 5.74) is 2.92. The highest BCUT2D eigenvalue weighted by Crippen LogP contribution is 2.21. The number of nitrogens with one attached hydrogen (secondary N) is 1. The Morgan fingerprint density at radius 3 is 2.60 bits per heavy atom. The average molecular weight is 353 g/mol. The Hall–Kier alpha value is -3.13. The normalized spacial score (nSPS) is 11.0. The number of nitrogens with zero attached hydrogens (tertiary/aromatic N) is 7. The Morgan fingerprint density at radius 1 is 1.00 bits per heavy atom. The van der Waals surface area contributed by atoms with E-state index in [1.165, 1.54) is 0 Å². The van der Waals surface area contributed by atoms with E-state index >= 15 is 0 Å². The average Bonchev–Trinajstić information content (AvgIpc) is 2.99. The summed E-state index contributed by atoms with van der Waals surface area (Å²) in [6.07, 6.45) is 1.67. The first-order chi connectivity index (χ1) is 12.1. The lowest BCUT2D eigenvalue weighted by molar-refractivity contribution is 0.841. The summed E-state index contributed by atoms with van der Waals surface area (Å²) < 4.78 is 1.66. The molecular weight excluding hydrogens is 340 g/mol. The quantitative estimate of drug-likeness (QED) is 0.605. The van der Waals surface area contributed by atoms with E-state index in [-0.39, 0.29) is 0 Å². The van der Waals surface area contributed by atoms with E-state index in [0.717, 1.165) is 11.4 Å². The van der Waals surface area contributed by atoms with Gasteiger partial charge in [-0.05, 0) is 44.2 Å². The fourth-order valence-electron chi connectivity index (χ4n) is 2.41. The van der Waals surface area contributed by atoms with Crippen LogP contribution in [0, 0.1) is 13.8 Å². The third-order valence-corrected chi connectivity index (χ3v) is 3.85. The Bertz CT molecular complexity index is 1060. The van der Waals surface area contributed by atoms with Gasteiger partial charge in [0.1, 0.15) is 11.5 Å². The van der Waals surface area contributed by atoms with Crippen molar-refractivity contribution in [2.24, 2.45) is 0 Å². The number of benzene rings is 1. The molecule has 9 heteroatoms. The van der Waals surface area contributed by atoms with Crippen LogP contribution in [0.3, 0.4) is 0 Å². The van der Waals surface area contributed by atoms with Crippen molar-refractivity contribution in [3.8, 4) is 11.4 Å². The van der Waals surface area contributed by atoms with Gasteiger partial charge in [0.05, 0.1) is 11.4 Å². The molecule has 0 spiro atoms. The molecule has 25 heavy (non-hydrogen) atoms. The van der Waals surface area contributed by atoms with Gasteiger partial charge in [-0.15, -0.1) is 15.3 Å². The molecule has 0 aliphatic carbocycles. The lowest BCUT2D eigenvalue weighted by atomic mass is 10.2. The largest absolute Gasteiger partial charge is 0.324 e. The minimum atomic E-state index is 0.455. The van der Waals surface area contributed by atoms with Crippen LogP contribution in [-0.2, 0) is 0 Å². The molecule has 8 nitrogen and oxygen atoms in total.